The van der Waals surface area contributed by atoms with Crippen LogP contribution in [-0.2, 0) is 6.42 Å². The zero-order chi connectivity index (χ0) is 19.2. The summed E-state index contributed by atoms with van der Waals surface area (Å²) in [5.74, 6) is -0.706. The van der Waals surface area contributed by atoms with Gasteiger partial charge < -0.3 is 10.6 Å². The van der Waals surface area contributed by atoms with E-state index in [1.807, 2.05) is 0 Å². The minimum atomic E-state index is -0.341. The Morgan fingerprint density at radius 2 is 1.59 bits per heavy atom. The zero-order valence-corrected chi connectivity index (χ0v) is 14.7. The maximum Gasteiger partial charge on any atom is 0.270 e. The van der Waals surface area contributed by atoms with Crippen molar-refractivity contribution in [3.63, 3.8) is 0 Å². The third-order valence-electron chi connectivity index (χ3n) is 3.80. The number of halogens is 2. The molecule has 0 fully saturated rings. The highest BCUT2D eigenvalue weighted by Crippen LogP contribution is 2.14. The molecule has 1 amide bonds. The molecule has 3 aromatic rings. The van der Waals surface area contributed by atoms with Crippen LogP contribution < -0.4 is 10.6 Å². The molecule has 7 heteroatoms. The lowest BCUT2D eigenvalue weighted by atomic mass is 10.1. The second kappa shape index (κ2) is 8.35. The second-order valence-corrected chi connectivity index (χ2v) is 5.98. The smallest absolute Gasteiger partial charge is 0.270 e. The molecule has 2 aromatic carbocycles. The number of carbonyl (C=O) groups excluding carboxylic acids is 1. The highest BCUT2D eigenvalue weighted by atomic mass is 19.1. The first kappa shape index (κ1) is 18.4. The normalized spacial score (nSPS) is 10.5. The van der Waals surface area contributed by atoms with Gasteiger partial charge in [0, 0.05) is 17.9 Å². The lowest BCUT2D eigenvalue weighted by molar-refractivity contribution is 0.0949. The minimum Gasteiger partial charge on any atom is -0.350 e. The van der Waals surface area contributed by atoms with E-state index in [0.717, 1.165) is 5.56 Å². The van der Waals surface area contributed by atoms with Crippen molar-refractivity contribution in [2.75, 3.05) is 11.9 Å². The van der Waals surface area contributed by atoms with Gasteiger partial charge in [-0.15, -0.1) is 0 Å². The lowest BCUT2D eigenvalue weighted by Gasteiger charge is -2.09. The number of hydrogen-bond donors (Lipinski definition) is 2. The van der Waals surface area contributed by atoms with Gasteiger partial charge in [-0.2, -0.15) is 0 Å². The Kier molecular flexibility index (Phi) is 5.71. The van der Waals surface area contributed by atoms with Crippen LogP contribution >= 0.6 is 0 Å². The van der Waals surface area contributed by atoms with E-state index in [0.29, 0.717) is 24.3 Å². The molecule has 2 N–H and O–H groups in total. The van der Waals surface area contributed by atoms with Crippen LogP contribution in [0.1, 0.15) is 21.7 Å². The molecule has 0 spiro atoms. The molecule has 1 heterocycles. The van der Waals surface area contributed by atoms with Crippen LogP contribution in [0.4, 0.5) is 20.4 Å². The molecule has 3 rings (SSSR count). The van der Waals surface area contributed by atoms with Gasteiger partial charge in [-0.1, -0.05) is 12.1 Å². The molecule has 0 saturated carbocycles. The van der Waals surface area contributed by atoms with Crippen LogP contribution in [0.25, 0.3) is 0 Å². The van der Waals surface area contributed by atoms with Gasteiger partial charge in [-0.3, -0.25) is 4.79 Å². The second-order valence-electron chi connectivity index (χ2n) is 5.98. The number of rotatable bonds is 6. The molecule has 5 nitrogen and oxygen atoms in total. The summed E-state index contributed by atoms with van der Waals surface area (Å²) in [7, 11) is 0. The first-order chi connectivity index (χ1) is 13.0. The summed E-state index contributed by atoms with van der Waals surface area (Å²) in [6, 6.07) is 13.5. The molecule has 0 unspecified atom stereocenters. The largest absolute Gasteiger partial charge is 0.350 e. The Morgan fingerprint density at radius 1 is 0.963 bits per heavy atom. The number of anilines is 2. The van der Waals surface area contributed by atoms with Gasteiger partial charge in [0.15, 0.2) is 0 Å². The van der Waals surface area contributed by atoms with Gasteiger partial charge in [0.25, 0.3) is 5.91 Å². The first-order valence-electron chi connectivity index (χ1n) is 8.40. The summed E-state index contributed by atoms with van der Waals surface area (Å²) in [4.78, 5) is 20.8. The Hall–Kier alpha value is -3.35. The van der Waals surface area contributed by atoms with E-state index in [1.165, 1.54) is 24.3 Å². The van der Waals surface area contributed by atoms with Crippen LogP contribution in [0.5, 0.6) is 0 Å². The summed E-state index contributed by atoms with van der Waals surface area (Å²) in [6.07, 6.45) is 0.580. The third kappa shape index (κ3) is 5.31. The Balaban J connectivity index is 1.63. The summed E-state index contributed by atoms with van der Waals surface area (Å²) in [6.45, 7) is 2.15. The fourth-order valence-corrected chi connectivity index (χ4v) is 2.47. The molecular weight excluding hydrogens is 350 g/mol. The first-order valence-corrected chi connectivity index (χ1v) is 8.40. The van der Waals surface area contributed by atoms with E-state index in [4.69, 9.17) is 0 Å². The van der Waals surface area contributed by atoms with E-state index in [-0.39, 0.29) is 29.2 Å². The number of hydrogen-bond acceptors (Lipinski definition) is 4. The van der Waals surface area contributed by atoms with E-state index in [1.54, 1.807) is 37.3 Å². The molecule has 0 radical (unpaired) electrons. The standard InChI is InChI=1S/C20H18F2N4O/c1-13-12-18(19(27)23-11-10-14-2-4-15(21)5-3-14)26-20(24-13)25-17-8-6-16(22)7-9-17/h2-9,12H,10-11H2,1H3,(H,23,27)(H,24,25,26). The van der Waals surface area contributed by atoms with E-state index in [9.17, 15) is 13.6 Å². The molecule has 0 aliphatic carbocycles. The van der Waals surface area contributed by atoms with Crippen LogP contribution in [0.2, 0.25) is 0 Å². The van der Waals surface area contributed by atoms with Crippen molar-refractivity contribution in [3.05, 3.63) is 83.2 Å². The molecule has 1 aromatic heterocycles. The van der Waals surface area contributed by atoms with Gasteiger partial charge in [-0.05, 0) is 61.4 Å². The lowest BCUT2D eigenvalue weighted by Crippen LogP contribution is -2.27. The highest BCUT2D eigenvalue weighted by Gasteiger charge is 2.10. The molecule has 0 atom stereocenters. The molecule has 27 heavy (non-hydrogen) atoms. The van der Waals surface area contributed by atoms with Crippen LogP contribution in [0, 0.1) is 18.6 Å². The molecule has 0 aliphatic heterocycles. The fraction of sp³-hybridized carbons (Fsp3) is 0.150. The minimum absolute atomic E-state index is 0.228. The number of benzene rings is 2. The SMILES string of the molecule is Cc1cc(C(=O)NCCc2ccc(F)cc2)nc(Nc2ccc(F)cc2)n1. The van der Waals surface area contributed by atoms with Gasteiger partial charge in [0.05, 0.1) is 0 Å². The van der Waals surface area contributed by atoms with Gasteiger partial charge in [-0.25, -0.2) is 18.7 Å². The Labute approximate surface area is 155 Å². The highest BCUT2D eigenvalue weighted by molar-refractivity contribution is 5.92. The van der Waals surface area contributed by atoms with Crippen molar-refractivity contribution < 1.29 is 13.6 Å². The maximum absolute atomic E-state index is 13.0. The van der Waals surface area contributed by atoms with Crippen LogP contribution in [-0.4, -0.2) is 22.4 Å². The Morgan fingerprint density at radius 3 is 2.26 bits per heavy atom. The van der Waals surface area contributed by atoms with E-state index < -0.39 is 0 Å². The number of nitrogens with zero attached hydrogens (tertiary/aromatic N) is 2. The average molecular weight is 368 g/mol. The zero-order valence-electron chi connectivity index (χ0n) is 14.7. The molecule has 138 valence electrons. The number of carbonyl (C=O) groups is 1. The number of aryl methyl sites for hydroxylation is 1. The summed E-state index contributed by atoms with van der Waals surface area (Å²) >= 11 is 0. The number of amides is 1. The fourth-order valence-electron chi connectivity index (χ4n) is 2.47. The molecule has 0 bridgehead atoms. The van der Waals surface area contributed by atoms with Gasteiger partial charge in [0.2, 0.25) is 5.95 Å². The summed E-state index contributed by atoms with van der Waals surface area (Å²) < 4.78 is 25.9. The van der Waals surface area contributed by atoms with Crippen molar-refractivity contribution in [3.8, 4) is 0 Å². The van der Waals surface area contributed by atoms with Crippen LogP contribution in [0.15, 0.2) is 54.6 Å². The summed E-state index contributed by atoms with van der Waals surface area (Å²) in [5, 5.41) is 5.74. The number of nitrogens with one attached hydrogen (secondary N) is 2. The Bertz CT molecular complexity index is 928. The maximum atomic E-state index is 13.0. The molecular formula is C20H18F2N4O. The van der Waals surface area contributed by atoms with Crippen molar-refractivity contribution in [1.29, 1.82) is 0 Å². The van der Waals surface area contributed by atoms with E-state index in [2.05, 4.69) is 20.6 Å². The number of aromatic nitrogens is 2. The quantitative estimate of drug-likeness (QED) is 0.695. The van der Waals surface area contributed by atoms with Gasteiger partial charge in [0.1, 0.15) is 17.3 Å². The predicted molar refractivity (Wildman–Crippen MR) is 98.9 cm³/mol. The summed E-state index contributed by atoms with van der Waals surface area (Å²) in [5.41, 5.74) is 2.39. The molecule has 0 aliphatic rings. The molecule has 0 saturated heterocycles. The van der Waals surface area contributed by atoms with Crippen molar-refractivity contribution in [2.24, 2.45) is 0 Å². The van der Waals surface area contributed by atoms with Crippen molar-refractivity contribution >= 4 is 17.5 Å². The third-order valence-corrected chi connectivity index (χ3v) is 3.80. The monoisotopic (exact) mass is 368 g/mol. The predicted octanol–water partition coefficient (Wildman–Crippen LogP) is 3.78. The van der Waals surface area contributed by atoms with E-state index >= 15 is 0 Å². The van der Waals surface area contributed by atoms with Crippen LogP contribution in [0.3, 0.4) is 0 Å². The van der Waals surface area contributed by atoms with Crippen molar-refractivity contribution in [1.82, 2.24) is 15.3 Å². The average Bonchev–Trinajstić information content (AvgIpc) is 2.65. The topological polar surface area (TPSA) is 66.9 Å². The van der Waals surface area contributed by atoms with Crippen molar-refractivity contribution in [2.45, 2.75) is 13.3 Å². The van der Waals surface area contributed by atoms with Gasteiger partial charge >= 0.3 is 0 Å².